The van der Waals surface area contributed by atoms with Gasteiger partial charge in [0.1, 0.15) is 0 Å². The highest BCUT2D eigenvalue weighted by molar-refractivity contribution is 6.09. The zero-order valence-electron chi connectivity index (χ0n) is 17.2. The maximum Gasteiger partial charge on any atom is 0.193 e. The Morgan fingerprint density at radius 1 is 0.406 bits per heavy atom. The van der Waals surface area contributed by atoms with Crippen molar-refractivity contribution in [2.24, 2.45) is 0 Å². The molecule has 0 unspecified atom stereocenters. The van der Waals surface area contributed by atoms with E-state index in [2.05, 4.69) is 0 Å². The summed E-state index contributed by atoms with van der Waals surface area (Å²) in [5.41, 5.74) is 3.96. The summed E-state index contributed by atoms with van der Waals surface area (Å²) in [5, 5.41) is 0. The first-order chi connectivity index (χ1) is 15.8. The smallest absolute Gasteiger partial charge is 0.193 e. The van der Waals surface area contributed by atoms with Crippen LogP contribution in [0.3, 0.4) is 0 Å². The molecule has 0 saturated heterocycles. The number of hydrogen-bond acceptors (Lipinski definition) is 4. The highest BCUT2D eigenvalue weighted by atomic mass is 16.1. The zero-order chi connectivity index (χ0) is 21.8. The quantitative estimate of drug-likeness (QED) is 0.327. The van der Waals surface area contributed by atoms with E-state index in [0.717, 1.165) is 16.7 Å². The molecule has 5 rings (SSSR count). The van der Waals surface area contributed by atoms with Gasteiger partial charge in [0.15, 0.2) is 23.3 Å². The lowest BCUT2D eigenvalue weighted by Crippen LogP contribution is -2.02. The van der Waals surface area contributed by atoms with Gasteiger partial charge in [0.2, 0.25) is 0 Å². The monoisotopic (exact) mass is 413 g/mol. The third-order valence-electron chi connectivity index (χ3n) is 5.14. The lowest BCUT2D eigenvalue weighted by atomic mass is 10.0. The number of aromatic nitrogens is 3. The van der Waals surface area contributed by atoms with Gasteiger partial charge < -0.3 is 0 Å². The Morgan fingerprint density at radius 2 is 0.750 bits per heavy atom. The van der Waals surface area contributed by atoms with E-state index in [1.165, 1.54) is 0 Å². The van der Waals surface area contributed by atoms with Crippen molar-refractivity contribution in [3.63, 3.8) is 0 Å². The first-order valence-corrected chi connectivity index (χ1v) is 10.3. The van der Waals surface area contributed by atoms with Crippen molar-refractivity contribution < 1.29 is 4.79 Å². The number of rotatable bonds is 5. The van der Waals surface area contributed by atoms with Gasteiger partial charge in [-0.25, -0.2) is 15.0 Å². The van der Waals surface area contributed by atoms with Crippen LogP contribution in [0.4, 0.5) is 0 Å². The molecule has 32 heavy (non-hydrogen) atoms. The number of carbonyl (C=O) groups excluding carboxylic acids is 1. The molecule has 0 atom stereocenters. The number of benzene rings is 4. The average molecular weight is 413 g/mol. The fraction of sp³-hybridized carbons (Fsp3) is 0. The SMILES string of the molecule is O=C(c1ccccc1)c1ccc(-c2nc(-c3ccccc3)nc(-c3ccccc3)n2)cc1. The largest absolute Gasteiger partial charge is 0.289 e. The van der Waals surface area contributed by atoms with Gasteiger partial charge in [-0.05, 0) is 0 Å². The molecule has 0 aliphatic carbocycles. The molecule has 0 spiro atoms. The van der Waals surface area contributed by atoms with Gasteiger partial charge in [0, 0.05) is 27.8 Å². The molecule has 4 nitrogen and oxygen atoms in total. The van der Waals surface area contributed by atoms with Crippen LogP contribution in [0.15, 0.2) is 115 Å². The first kappa shape index (κ1) is 19.5. The van der Waals surface area contributed by atoms with Gasteiger partial charge in [-0.2, -0.15) is 0 Å². The average Bonchev–Trinajstić information content (AvgIpc) is 2.89. The van der Waals surface area contributed by atoms with E-state index in [1.54, 1.807) is 0 Å². The predicted octanol–water partition coefficient (Wildman–Crippen LogP) is 6.10. The van der Waals surface area contributed by atoms with Crippen LogP contribution in [0.5, 0.6) is 0 Å². The molecule has 152 valence electrons. The van der Waals surface area contributed by atoms with E-state index in [4.69, 9.17) is 15.0 Å². The number of nitrogens with zero attached hydrogens (tertiary/aromatic N) is 3. The standard InChI is InChI=1S/C28H19N3O/c32-25(20-10-4-1-5-11-20)21-16-18-24(19-17-21)28-30-26(22-12-6-2-7-13-22)29-27(31-28)23-14-8-3-9-15-23/h1-19H. The van der Waals surface area contributed by atoms with Gasteiger partial charge in [-0.3, -0.25) is 4.79 Å². The fourth-order valence-corrected chi connectivity index (χ4v) is 3.46. The maximum absolute atomic E-state index is 12.7. The second kappa shape index (κ2) is 8.74. The van der Waals surface area contributed by atoms with Gasteiger partial charge >= 0.3 is 0 Å². The molecule has 0 fully saturated rings. The summed E-state index contributed by atoms with van der Waals surface area (Å²) in [6.45, 7) is 0. The van der Waals surface area contributed by atoms with Crippen molar-refractivity contribution in [1.29, 1.82) is 0 Å². The van der Waals surface area contributed by atoms with E-state index < -0.39 is 0 Å². The first-order valence-electron chi connectivity index (χ1n) is 10.3. The van der Waals surface area contributed by atoms with Crippen LogP contribution < -0.4 is 0 Å². The van der Waals surface area contributed by atoms with Crippen LogP contribution >= 0.6 is 0 Å². The van der Waals surface area contributed by atoms with E-state index in [1.807, 2.05) is 115 Å². The van der Waals surface area contributed by atoms with Crippen molar-refractivity contribution in [2.75, 3.05) is 0 Å². The molecular weight excluding hydrogens is 394 g/mol. The lowest BCUT2D eigenvalue weighted by Gasteiger charge is -2.09. The number of ketones is 1. The van der Waals surface area contributed by atoms with E-state index in [0.29, 0.717) is 28.6 Å². The normalized spacial score (nSPS) is 10.6. The molecule has 0 aliphatic heterocycles. The van der Waals surface area contributed by atoms with Crippen LogP contribution in [0.25, 0.3) is 34.2 Å². The summed E-state index contributed by atoms with van der Waals surface area (Å²) < 4.78 is 0. The van der Waals surface area contributed by atoms with Crippen molar-refractivity contribution in [2.45, 2.75) is 0 Å². The summed E-state index contributed by atoms with van der Waals surface area (Å²) in [5.74, 6) is 1.77. The Kier molecular flexibility index (Phi) is 5.33. The molecule has 0 aliphatic rings. The van der Waals surface area contributed by atoms with Crippen molar-refractivity contribution >= 4 is 5.78 Å². The molecule has 5 aromatic rings. The predicted molar refractivity (Wildman–Crippen MR) is 126 cm³/mol. The molecule has 4 aromatic carbocycles. The molecule has 0 amide bonds. The van der Waals surface area contributed by atoms with Crippen molar-refractivity contribution in [1.82, 2.24) is 15.0 Å². The molecule has 1 heterocycles. The molecule has 4 heteroatoms. The Hall–Kier alpha value is -4.44. The topological polar surface area (TPSA) is 55.7 Å². The highest BCUT2D eigenvalue weighted by Gasteiger charge is 2.13. The van der Waals surface area contributed by atoms with Crippen LogP contribution in [0.2, 0.25) is 0 Å². The number of carbonyl (C=O) groups is 1. The van der Waals surface area contributed by atoms with Crippen LogP contribution in [-0.4, -0.2) is 20.7 Å². The summed E-state index contributed by atoms with van der Waals surface area (Å²) in [4.78, 5) is 26.9. The Bertz CT molecular complexity index is 1290. The van der Waals surface area contributed by atoms with Gasteiger partial charge in [-0.15, -0.1) is 0 Å². The fourth-order valence-electron chi connectivity index (χ4n) is 3.46. The summed E-state index contributed by atoms with van der Waals surface area (Å²) in [6, 6.07) is 36.4. The van der Waals surface area contributed by atoms with Crippen LogP contribution in [0, 0.1) is 0 Å². The van der Waals surface area contributed by atoms with E-state index >= 15 is 0 Å². The summed E-state index contributed by atoms with van der Waals surface area (Å²) >= 11 is 0. The second-order valence-electron chi connectivity index (χ2n) is 7.31. The zero-order valence-corrected chi connectivity index (χ0v) is 17.2. The Labute approximate surface area is 186 Å². The molecule has 0 N–H and O–H groups in total. The van der Waals surface area contributed by atoms with Crippen molar-refractivity contribution in [3.05, 3.63) is 126 Å². The minimum atomic E-state index is -0.0113. The van der Waals surface area contributed by atoms with Gasteiger partial charge in [0.25, 0.3) is 0 Å². The molecule has 0 bridgehead atoms. The molecule has 0 radical (unpaired) electrons. The maximum atomic E-state index is 12.7. The summed E-state index contributed by atoms with van der Waals surface area (Å²) in [7, 11) is 0. The second-order valence-corrected chi connectivity index (χ2v) is 7.31. The van der Waals surface area contributed by atoms with E-state index in [9.17, 15) is 4.79 Å². The van der Waals surface area contributed by atoms with Crippen LogP contribution in [0.1, 0.15) is 15.9 Å². The Balaban J connectivity index is 1.56. The third-order valence-corrected chi connectivity index (χ3v) is 5.14. The molecule has 0 saturated carbocycles. The Morgan fingerprint density at radius 3 is 1.19 bits per heavy atom. The van der Waals surface area contributed by atoms with Gasteiger partial charge in [-0.1, -0.05) is 115 Å². The van der Waals surface area contributed by atoms with Crippen LogP contribution in [-0.2, 0) is 0 Å². The van der Waals surface area contributed by atoms with Gasteiger partial charge in [0.05, 0.1) is 0 Å². The van der Waals surface area contributed by atoms with E-state index in [-0.39, 0.29) is 5.78 Å². The number of hydrogen-bond donors (Lipinski definition) is 0. The van der Waals surface area contributed by atoms with Crippen molar-refractivity contribution in [3.8, 4) is 34.2 Å². The lowest BCUT2D eigenvalue weighted by molar-refractivity contribution is 0.103. The highest BCUT2D eigenvalue weighted by Crippen LogP contribution is 2.25. The minimum Gasteiger partial charge on any atom is -0.289 e. The third kappa shape index (κ3) is 4.07. The molecular formula is C28H19N3O. The molecule has 1 aromatic heterocycles. The minimum absolute atomic E-state index is 0.0113. The summed E-state index contributed by atoms with van der Waals surface area (Å²) in [6.07, 6.45) is 0.